The Morgan fingerprint density at radius 2 is 2.18 bits per heavy atom. The largest absolute Gasteiger partial charge is 0.497 e. The van der Waals surface area contributed by atoms with E-state index in [0.29, 0.717) is 6.54 Å². The van der Waals surface area contributed by atoms with Gasteiger partial charge in [-0.3, -0.25) is 0 Å². The molecular weight excluding hydrogens is 214 g/mol. The van der Waals surface area contributed by atoms with Crippen LogP contribution < -0.4 is 15.2 Å². The molecule has 2 N–H and O–H groups in total. The van der Waals surface area contributed by atoms with Gasteiger partial charge in [0, 0.05) is 0 Å². The summed E-state index contributed by atoms with van der Waals surface area (Å²) in [4.78, 5) is 0. The molecule has 17 heavy (non-hydrogen) atoms. The van der Waals surface area contributed by atoms with E-state index in [-0.39, 0.29) is 0 Å². The zero-order valence-corrected chi connectivity index (χ0v) is 10.4. The Hall–Kier alpha value is -1.22. The fraction of sp³-hybridized carbons (Fsp3) is 0.571. The molecule has 0 radical (unpaired) electrons. The quantitative estimate of drug-likeness (QED) is 0.823. The van der Waals surface area contributed by atoms with E-state index in [1.807, 2.05) is 18.2 Å². The molecule has 0 aromatic heterocycles. The second kappa shape index (κ2) is 5.92. The van der Waals surface area contributed by atoms with E-state index in [9.17, 15) is 0 Å². The molecule has 1 aromatic carbocycles. The van der Waals surface area contributed by atoms with E-state index in [0.717, 1.165) is 36.0 Å². The van der Waals surface area contributed by atoms with Crippen LogP contribution in [-0.4, -0.2) is 20.3 Å². The predicted molar refractivity (Wildman–Crippen MR) is 68.6 cm³/mol. The first kappa shape index (κ1) is 12.2. The van der Waals surface area contributed by atoms with Gasteiger partial charge in [-0.2, -0.15) is 0 Å². The van der Waals surface area contributed by atoms with E-state index >= 15 is 0 Å². The minimum atomic E-state index is 0.632. The van der Waals surface area contributed by atoms with Crippen molar-refractivity contribution in [2.75, 3.05) is 20.3 Å². The van der Waals surface area contributed by atoms with Gasteiger partial charge in [0.05, 0.1) is 13.7 Å². The van der Waals surface area contributed by atoms with Crippen LogP contribution in [0.5, 0.6) is 11.5 Å². The first-order valence-corrected chi connectivity index (χ1v) is 6.33. The molecular formula is C14H21NO2. The lowest BCUT2D eigenvalue weighted by Crippen LogP contribution is -2.19. The third-order valence-electron chi connectivity index (χ3n) is 3.38. The average molecular weight is 235 g/mol. The number of methoxy groups -OCH3 is 1. The summed E-state index contributed by atoms with van der Waals surface area (Å²) in [5.74, 6) is 2.58. The number of rotatable bonds is 6. The summed E-state index contributed by atoms with van der Waals surface area (Å²) in [6.07, 6.45) is 4.80. The third-order valence-corrected chi connectivity index (χ3v) is 3.38. The van der Waals surface area contributed by atoms with Crippen LogP contribution in [0.4, 0.5) is 0 Å². The number of hydrogen-bond donors (Lipinski definition) is 1. The van der Waals surface area contributed by atoms with Crippen molar-refractivity contribution in [3.63, 3.8) is 0 Å². The first-order chi connectivity index (χ1) is 8.33. The minimum absolute atomic E-state index is 0.632. The average Bonchev–Trinajstić information content (AvgIpc) is 2.29. The van der Waals surface area contributed by atoms with Gasteiger partial charge in [0.2, 0.25) is 0 Å². The Kier molecular flexibility index (Phi) is 4.26. The lowest BCUT2D eigenvalue weighted by molar-refractivity contribution is 0.179. The van der Waals surface area contributed by atoms with Gasteiger partial charge in [0.25, 0.3) is 0 Å². The fourth-order valence-corrected chi connectivity index (χ4v) is 2.04. The highest BCUT2D eigenvalue weighted by Gasteiger charge is 2.18. The van der Waals surface area contributed by atoms with Gasteiger partial charge in [-0.05, 0) is 55.5 Å². The van der Waals surface area contributed by atoms with Crippen molar-refractivity contribution in [2.45, 2.75) is 25.7 Å². The van der Waals surface area contributed by atoms with Gasteiger partial charge < -0.3 is 15.2 Å². The molecule has 0 bridgehead atoms. The Balaban J connectivity index is 2.02. The van der Waals surface area contributed by atoms with Crippen molar-refractivity contribution in [1.82, 2.24) is 0 Å². The van der Waals surface area contributed by atoms with Crippen molar-refractivity contribution in [1.29, 1.82) is 0 Å². The second-order valence-corrected chi connectivity index (χ2v) is 4.62. The highest BCUT2D eigenvalue weighted by atomic mass is 16.5. The summed E-state index contributed by atoms with van der Waals surface area (Å²) in [5.41, 5.74) is 6.76. The molecule has 0 spiro atoms. The molecule has 0 unspecified atom stereocenters. The van der Waals surface area contributed by atoms with Crippen molar-refractivity contribution in [2.24, 2.45) is 11.7 Å². The van der Waals surface area contributed by atoms with Crippen LogP contribution in [0, 0.1) is 5.92 Å². The zero-order chi connectivity index (χ0) is 12.1. The van der Waals surface area contributed by atoms with E-state index in [2.05, 4.69) is 0 Å². The summed E-state index contributed by atoms with van der Waals surface area (Å²) in [6, 6.07) is 5.95. The molecule has 0 saturated heterocycles. The topological polar surface area (TPSA) is 44.5 Å². The maximum Gasteiger partial charge on any atom is 0.122 e. The van der Waals surface area contributed by atoms with Crippen molar-refractivity contribution in [3.8, 4) is 11.5 Å². The van der Waals surface area contributed by atoms with Crippen LogP contribution in [0.2, 0.25) is 0 Å². The molecule has 1 saturated carbocycles. The van der Waals surface area contributed by atoms with E-state index in [4.69, 9.17) is 15.2 Å². The SMILES string of the molecule is COc1ccc(OCC2CCC2)c(CCN)c1. The smallest absolute Gasteiger partial charge is 0.122 e. The molecule has 0 aliphatic heterocycles. The first-order valence-electron chi connectivity index (χ1n) is 6.33. The molecule has 2 rings (SSSR count). The number of benzene rings is 1. The van der Waals surface area contributed by atoms with Gasteiger partial charge >= 0.3 is 0 Å². The molecule has 3 nitrogen and oxygen atoms in total. The maximum atomic E-state index is 5.88. The molecule has 1 fully saturated rings. The summed E-state index contributed by atoms with van der Waals surface area (Å²) in [6.45, 7) is 1.47. The van der Waals surface area contributed by atoms with Gasteiger partial charge in [-0.25, -0.2) is 0 Å². The molecule has 1 aliphatic rings. The highest BCUT2D eigenvalue weighted by Crippen LogP contribution is 2.29. The van der Waals surface area contributed by atoms with E-state index in [1.165, 1.54) is 19.3 Å². The molecule has 94 valence electrons. The lowest BCUT2D eigenvalue weighted by Gasteiger charge is -2.25. The standard InChI is InChI=1S/C14H21NO2/c1-16-13-5-6-14(12(9-13)7-8-15)17-10-11-3-2-4-11/h5-6,9,11H,2-4,7-8,10,15H2,1H3. The predicted octanol–water partition coefficient (Wildman–Crippen LogP) is 2.38. The summed E-state index contributed by atoms with van der Waals surface area (Å²) in [7, 11) is 1.68. The van der Waals surface area contributed by atoms with Gasteiger partial charge in [0.15, 0.2) is 0 Å². The number of hydrogen-bond acceptors (Lipinski definition) is 3. The van der Waals surface area contributed by atoms with Crippen LogP contribution >= 0.6 is 0 Å². The Morgan fingerprint density at radius 1 is 1.35 bits per heavy atom. The highest BCUT2D eigenvalue weighted by molar-refractivity contribution is 5.40. The van der Waals surface area contributed by atoms with Crippen LogP contribution in [0.25, 0.3) is 0 Å². The number of nitrogens with two attached hydrogens (primary N) is 1. The summed E-state index contributed by atoms with van der Waals surface area (Å²) in [5, 5.41) is 0. The third kappa shape index (κ3) is 3.13. The molecule has 0 amide bonds. The van der Waals surface area contributed by atoms with Crippen LogP contribution in [0.15, 0.2) is 18.2 Å². The normalized spacial score (nSPS) is 15.4. The summed E-state index contributed by atoms with van der Waals surface area (Å²) < 4.78 is 11.1. The molecule has 3 heteroatoms. The molecule has 0 atom stereocenters. The van der Waals surface area contributed by atoms with Gasteiger partial charge in [-0.1, -0.05) is 6.42 Å². The minimum Gasteiger partial charge on any atom is -0.497 e. The zero-order valence-electron chi connectivity index (χ0n) is 10.4. The second-order valence-electron chi connectivity index (χ2n) is 4.62. The van der Waals surface area contributed by atoms with E-state index < -0.39 is 0 Å². The molecule has 1 aliphatic carbocycles. The molecule has 1 aromatic rings. The Bertz CT molecular complexity index is 361. The van der Waals surface area contributed by atoms with Crippen molar-refractivity contribution in [3.05, 3.63) is 23.8 Å². The van der Waals surface area contributed by atoms with Crippen LogP contribution in [0.3, 0.4) is 0 Å². The van der Waals surface area contributed by atoms with E-state index in [1.54, 1.807) is 7.11 Å². The van der Waals surface area contributed by atoms with Crippen molar-refractivity contribution >= 4 is 0 Å². The van der Waals surface area contributed by atoms with Gasteiger partial charge in [-0.15, -0.1) is 0 Å². The number of ether oxygens (including phenoxy) is 2. The van der Waals surface area contributed by atoms with Crippen molar-refractivity contribution < 1.29 is 9.47 Å². The van der Waals surface area contributed by atoms with Crippen LogP contribution in [-0.2, 0) is 6.42 Å². The van der Waals surface area contributed by atoms with Crippen LogP contribution in [0.1, 0.15) is 24.8 Å². The molecule has 0 heterocycles. The Morgan fingerprint density at radius 3 is 2.76 bits per heavy atom. The lowest BCUT2D eigenvalue weighted by atomic mass is 9.86. The summed E-state index contributed by atoms with van der Waals surface area (Å²) >= 11 is 0. The maximum absolute atomic E-state index is 5.88. The Labute approximate surface area is 103 Å². The monoisotopic (exact) mass is 235 g/mol. The fourth-order valence-electron chi connectivity index (χ4n) is 2.04. The van der Waals surface area contributed by atoms with Gasteiger partial charge in [0.1, 0.15) is 11.5 Å².